The third-order valence-electron chi connectivity index (χ3n) is 5.06. The van der Waals surface area contributed by atoms with Gasteiger partial charge in [0.15, 0.2) is 0 Å². The number of sulfonamides is 1. The lowest BCUT2D eigenvalue weighted by Gasteiger charge is -2.31. The van der Waals surface area contributed by atoms with E-state index in [4.69, 9.17) is 4.74 Å². The fraction of sp³-hybridized carbons (Fsp3) is 0.412. The van der Waals surface area contributed by atoms with Gasteiger partial charge in [-0.2, -0.15) is 0 Å². The summed E-state index contributed by atoms with van der Waals surface area (Å²) in [5.74, 6) is 0.546. The van der Waals surface area contributed by atoms with E-state index >= 15 is 0 Å². The van der Waals surface area contributed by atoms with Crippen molar-refractivity contribution in [2.45, 2.75) is 29.1 Å². The summed E-state index contributed by atoms with van der Waals surface area (Å²) in [7, 11) is -1.95. The number of amides is 1. The van der Waals surface area contributed by atoms with Gasteiger partial charge in [0.2, 0.25) is 15.9 Å². The molecule has 1 aliphatic carbocycles. The first-order valence-electron chi connectivity index (χ1n) is 8.35. The average Bonchev–Trinajstić information content (AvgIpc) is 3.37. The molecule has 0 spiro atoms. The van der Waals surface area contributed by atoms with E-state index in [1.165, 1.54) is 24.6 Å². The largest absolute Gasteiger partial charge is 0.481 e. The molecule has 0 unspecified atom stereocenters. The molecular formula is C17H19N3O4S2. The number of hydrogen-bond acceptors (Lipinski definition) is 6. The number of fused-ring (bicyclic) bond motifs is 2. The maximum atomic E-state index is 12.7. The highest BCUT2D eigenvalue weighted by Crippen LogP contribution is 2.39. The molecule has 26 heavy (non-hydrogen) atoms. The van der Waals surface area contributed by atoms with Crippen LogP contribution >= 0.6 is 11.3 Å². The predicted octanol–water partition coefficient (Wildman–Crippen LogP) is 1.73. The second-order valence-electron chi connectivity index (χ2n) is 6.59. The number of methoxy groups -OCH3 is 1. The number of thiophene rings is 1. The van der Waals surface area contributed by atoms with Crippen LogP contribution in [0.3, 0.4) is 0 Å². The van der Waals surface area contributed by atoms with Crippen LogP contribution in [0.4, 0.5) is 0 Å². The molecule has 1 aliphatic heterocycles. The lowest BCUT2D eigenvalue weighted by atomic mass is 10.0. The van der Waals surface area contributed by atoms with Gasteiger partial charge in [0, 0.05) is 30.9 Å². The number of nitrogens with one attached hydrogen (secondary N) is 1. The fourth-order valence-electron chi connectivity index (χ4n) is 3.81. The number of aromatic nitrogens is 1. The number of rotatable bonds is 5. The molecule has 1 saturated heterocycles. The summed E-state index contributed by atoms with van der Waals surface area (Å²) >= 11 is 1.21. The Balaban J connectivity index is 1.42. The highest BCUT2D eigenvalue weighted by molar-refractivity contribution is 7.91. The smallest absolute Gasteiger partial charge is 0.255 e. The first-order valence-corrected chi connectivity index (χ1v) is 10.7. The quantitative estimate of drug-likeness (QED) is 0.836. The number of nitrogens with zero attached hydrogens (tertiary/aromatic N) is 2. The third kappa shape index (κ3) is 3.10. The summed E-state index contributed by atoms with van der Waals surface area (Å²) in [5.41, 5.74) is 0.522. The van der Waals surface area contributed by atoms with Crippen molar-refractivity contribution in [3.05, 3.63) is 41.4 Å². The molecular weight excluding hydrogens is 374 g/mol. The van der Waals surface area contributed by atoms with Crippen molar-refractivity contribution >= 4 is 27.3 Å². The number of hydrogen-bond donors (Lipinski definition) is 1. The zero-order chi connectivity index (χ0) is 18.3. The van der Waals surface area contributed by atoms with Crippen molar-refractivity contribution in [2.75, 3.05) is 13.7 Å². The first-order chi connectivity index (χ1) is 12.5. The van der Waals surface area contributed by atoms with E-state index in [1.54, 1.807) is 29.6 Å². The zero-order valence-electron chi connectivity index (χ0n) is 14.2. The van der Waals surface area contributed by atoms with E-state index < -0.39 is 10.0 Å². The molecule has 4 rings (SSSR count). The van der Waals surface area contributed by atoms with Crippen LogP contribution < -0.4 is 9.46 Å². The lowest BCUT2D eigenvalue weighted by Crippen LogP contribution is -2.47. The molecule has 138 valence electrons. The highest BCUT2D eigenvalue weighted by atomic mass is 32.2. The van der Waals surface area contributed by atoms with Gasteiger partial charge in [0.05, 0.1) is 12.7 Å². The molecule has 0 radical (unpaired) electrons. The van der Waals surface area contributed by atoms with Crippen LogP contribution in [-0.4, -0.2) is 49.9 Å². The summed E-state index contributed by atoms with van der Waals surface area (Å²) in [6.45, 7) is 0.563. The maximum Gasteiger partial charge on any atom is 0.255 e. The van der Waals surface area contributed by atoms with Gasteiger partial charge in [0.1, 0.15) is 4.21 Å². The fourth-order valence-corrected chi connectivity index (χ4v) is 6.14. The van der Waals surface area contributed by atoms with Gasteiger partial charge in [-0.25, -0.2) is 18.1 Å². The van der Waals surface area contributed by atoms with Gasteiger partial charge in [-0.3, -0.25) is 4.79 Å². The van der Waals surface area contributed by atoms with Gasteiger partial charge in [-0.1, -0.05) is 6.07 Å². The number of likely N-dealkylation sites (tertiary alicyclic amines) is 1. The molecule has 3 heterocycles. The zero-order valence-corrected chi connectivity index (χ0v) is 15.8. The molecule has 1 amide bonds. The molecule has 2 bridgehead atoms. The van der Waals surface area contributed by atoms with Crippen molar-refractivity contribution in [3.63, 3.8) is 0 Å². The van der Waals surface area contributed by atoms with E-state index in [9.17, 15) is 13.2 Å². The van der Waals surface area contributed by atoms with Gasteiger partial charge >= 0.3 is 0 Å². The molecule has 3 atom stereocenters. The number of piperidine rings is 1. The Morgan fingerprint density at radius 2 is 2.19 bits per heavy atom. The van der Waals surface area contributed by atoms with Crippen LogP contribution in [0.5, 0.6) is 5.88 Å². The standard InChI is InChI=1S/C17H19N3O4S2/c1-24-15-5-4-11(9-18-15)17(21)20-10-12-7-13(20)8-14(12)19-26(22,23)16-3-2-6-25-16/h2-6,9,12-14,19H,7-8,10H2,1H3/t12-,13-,14-/m0/s1. The van der Waals surface area contributed by atoms with E-state index in [-0.39, 0.29) is 23.9 Å². The van der Waals surface area contributed by atoms with Gasteiger partial charge in [-0.15, -0.1) is 11.3 Å². The van der Waals surface area contributed by atoms with Crippen LogP contribution in [0.1, 0.15) is 23.2 Å². The van der Waals surface area contributed by atoms with E-state index in [0.717, 1.165) is 6.42 Å². The van der Waals surface area contributed by atoms with Crippen molar-refractivity contribution < 1.29 is 17.9 Å². The Hall–Kier alpha value is -1.97. The van der Waals surface area contributed by atoms with Gasteiger partial charge in [0.25, 0.3) is 5.91 Å². The topological polar surface area (TPSA) is 88.6 Å². The minimum absolute atomic E-state index is 0.0608. The second kappa shape index (κ2) is 6.64. The van der Waals surface area contributed by atoms with E-state index in [1.807, 2.05) is 4.90 Å². The Labute approximate surface area is 156 Å². The Bertz CT molecular complexity index is 897. The summed E-state index contributed by atoms with van der Waals surface area (Å²) in [6, 6.07) is 6.64. The first kappa shape index (κ1) is 17.4. The van der Waals surface area contributed by atoms with Gasteiger partial charge < -0.3 is 9.64 Å². The average molecular weight is 393 g/mol. The molecule has 2 aliphatic rings. The van der Waals surface area contributed by atoms with Crippen molar-refractivity contribution in [1.29, 1.82) is 0 Å². The Morgan fingerprint density at radius 3 is 2.77 bits per heavy atom. The van der Waals surface area contributed by atoms with Crippen LogP contribution in [0, 0.1) is 5.92 Å². The molecule has 1 saturated carbocycles. The highest BCUT2D eigenvalue weighted by Gasteiger charge is 2.47. The summed E-state index contributed by atoms with van der Waals surface area (Å²) in [4.78, 5) is 18.6. The van der Waals surface area contributed by atoms with Crippen molar-refractivity contribution in [3.8, 4) is 5.88 Å². The lowest BCUT2D eigenvalue weighted by molar-refractivity contribution is 0.0691. The molecule has 2 aromatic rings. The third-order valence-corrected chi connectivity index (χ3v) is 7.95. The Morgan fingerprint density at radius 1 is 1.35 bits per heavy atom. The second-order valence-corrected chi connectivity index (χ2v) is 9.48. The molecule has 2 aromatic heterocycles. The number of carbonyl (C=O) groups excluding carboxylic acids is 1. The number of pyridine rings is 1. The molecule has 1 N–H and O–H groups in total. The molecule has 7 nitrogen and oxygen atoms in total. The maximum absolute atomic E-state index is 12.7. The summed E-state index contributed by atoms with van der Waals surface area (Å²) in [5, 5.41) is 1.75. The Kier molecular flexibility index (Phi) is 4.45. The molecule has 0 aromatic carbocycles. The van der Waals surface area contributed by atoms with Crippen molar-refractivity contribution in [1.82, 2.24) is 14.6 Å². The molecule has 9 heteroatoms. The van der Waals surface area contributed by atoms with Gasteiger partial charge in [-0.05, 0) is 36.3 Å². The van der Waals surface area contributed by atoms with Crippen LogP contribution in [0.15, 0.2) is 40.1 Å². The van der Waals surface area contributed by atoms with Crippen LogP contribution in [0.25, 0.3) is 0 Å². The van der Waals surface area contributed by atoms with Crippen LogP contribution in [-0.2, 0) is 10.0 Å². The number of carbonyl (C=O) groups is 1. The summed E-state index contributed by atoms with van der Waals surface area (Å²) in [6.07, 6.45) is 2.99. The monoisotopic (exact) mass is 393 g/mol. The normalized spacial score (nSPS) is 24.8. The predicted molar refractivity (Wildman–Crippen MR) is 96.8 cm³/mol. The number of ether oxygens (including phenoxy) is 1. The minimum atomic E-state index is -3.48. The molecule has 2 fully saturated rings. The SMILES string of the molecule is COc1ccc(C(=O)N2C[C@@H]3C[C@H]2C[C@@H]3NS(=O)(=O)c2cccs2)cn1. The van der Waals surface area contributed by atoms with Crippen LogP contribution in [0.2, 0.25) is 0 Å². The van der Waals surface area contributed by atoms with E-state index in [2.05, 4.69) is 9.71 Å². The minimum Gasteiger partial charge on any atom is -0.481 e. The summed E-state index contributed by atoms with van der Waals surface area (Å²) < 4.78 is 33.0. The van der Waals surface area contributed by atoms with E-state index in [0.29, 0.717) is 28.6 Å². The van der Waals surface area contributed by atoms with Crippen molar-refractivity contribution in [2.24, 2.45) is 5.92 Å².